The van der Waals surface area contributed by atoms with Gasteiger partial charge in [0, 0.05) is 6.07 Å². The highest BCUT2D eigenvalue weighted by atomic mass is 32.2. The number of carbonyl (C=O) groups is 2. The monoisotopic (exact) mass is 319 g/mol. The Bertz CT molecular complexity index is 603. The van der Waals surface area contributed by atoms with Crippen LogP contribution in [-0.2, 0) is 19.3 Å². The molecule has 0 saturated heterocycles. The van der Waals surface area contributed by atoms with Crippen molar-refractivity contribution < 1.29 is 32.0 Å². The van der Waals surface area contributed by atoms with Gasteiger partial charge in [-0.05, 0) is 20.3 Å². The fourth-order valence-corrected chi connectivity index (χ4v) is 2.30. The molecule has 1 rings (SSSR count). The summed E-state index contributed by atoms with van der Waals surface area (Å²) in [7, 11) is -1.99. The lowest BCUT2D eigenvalue weighted by molar-refractivity contribution is 0.0456. The van der Waals surface area contributed by atoms with Gasteiger partial charge in [-0.1, -0.05) is 5.16 Å². The molecule has 0 N–H and O–H groups in total. The van der Waals surface area contributed by atoms with Gasteiger partial charge in [0.05, 0.1) is 24.7 Å². The van der Waals surface area contributed by atoms with Crippen molar-refractivity contribution in [3.63, 3.8) is 0 Å². The van der Waals surface area contributed by atoms with E-state index in [9.17, 15) is 18.0 Å². The van der Waals surface area contributed by atoms with Crippen LogP contribution in [0.15, 0.2) is 10.6 Å². The topological polar surface area (TPSA) is 113 Å². The third-order valence-corrected chi connectivity index (χ3v) is 4.92. The van der Waals surface area contributed by atoms with Crippen LogP contribution >= 0.6 is 0 Å². The molecule has 0 fully saturated rings. The van der Waals surface area contributed by atoms with Gasteiger partial charge in [0.2, 0.25) is 5.76 Å². The molecule has 0 spiro atoms. The van der Waals surface area contributed by atoms with Crippen LogP contribution < -0.4 is 0 Å². The predicted octanol–water partition coefficient (Wildman–Crippen LogP) is 0.831. The Morgan fingerprint density at radius 1 is 1.33 bits per heavy atom. The number of rotatable bonds is 7. The number of aromatic nitrogens is 1. The summed E-state index contributed by atoms with van der Waals surface area (Å²) in [6.45, 7) is 3.10. The van der Waals surface area contributed by atoms with Gasteiger partial charge in [-0.15, -0.1) is 0 Å². The van der Waals surface area contributed by atoms with Crippen molar-refractivity contribution in [3.8, 4) is 0 Å². The normalized spacial score (nSPS) is 11.4. The molecule has 1 heterocycles. The molecule has 21 heavy (non-hydrogen) atoms. The number of ether oxygens (including phenoxy) is 2. The summed E-state index contributed by atoms with van der Waals surface area (Å²) in [5.41, 5.74) is -0.146. The van der Waals surface area contributed by atoms with Crippen LogP contribution in [-0.4, -0.2) is 50.2 Å². The van der Waals surface area contributed by atoms with E-state index in [-0.39, 0.29) is 30.2 Å². The van der Waals surface area contributed by atoms with Gasteiger partial charge in [0.15, 0.2) is 15.5 Å². The molecule has 1 aromatic rings. The Balaban J connectivity index is 2.45. The standard InChI is InChI=1S/C12H17NO7S/c1-8(2)21(16,17)6-4-5-19-12(15)10-7-9(13-20-10)11(14)18-3/h7-8H,4-6H2,1-3H3. The predicted molar refractivity (Wildman–Crippen MR) is 71.7 cm³/mol. The third kappa shape index (κ3) is 4.85. The molecule has 0 radical (unpaired) electrons. The fraction of sp³-hybridized carbons (Fsp3) is 0.583. The molecular weight excluding hydrogens is 302 g/mol. The molecule has 0 aliphatic carbocycles. The van der Waals surface area contributed by atoms with E-state index < -0.39 is 27.0 Å². The molecule has 0 saturated carbocycles. The number of carbonyl (C=O) groups excluding carboxylic acids is 2. The van der Waals surface area contributed by atoms with Crippen molar-refractivity contribution in [2.24, 2.45) is 0 Å². The van der Waals surface area contributed by atoms with Crippen molar-refractivity contribution in [3.05, 3.63) is 17.5 Å². The minimum absolute atomic E-state index is 0.0677. The summed E-state index contributed by atoms with van der Waals surface area (Å²) in [6.07, 6.45) is 0.185. The molecular formula is C12H17NO7S. The molecule has 0 aliphatic heterocycles. The van der Waals surface area contributed by atoms with Crippen molar-refractivity contribution in [2.75, 3.05) is 19.5 Å². The second kappa shape index (κ2) is 7.21. The average Bonchev–Trinajstić information content (AvgIpc) is 2.92. The number of methoxy groups -OCH3 is 1. The maximum absolute atomic E-state index is 11.6. The quantitative estimate of drug-likeness (QED) is 0.536. The van der Waals surface area contributed by atoms with Crippen LogP contribution in [0.2, 0.25) is 0 Å². The van der Waals surface area contributed by atoms with Crippen LogP contribution in [0.3, 0.4) is 0 Å². The van der Waals surface area contributed by atoms with Gasteiger partial charge >= 0.3 is 11.9 Å². The molecule has 0 aliphatic rings. The average molecular weight is 319 g/mol. The fourth-order valence-electron chi connectivity index (χ4n) is 1.30. The van der Waals surface area contributed by atoms with E-state index in [1.165, 1.54) is 7.11 Å². The van der Waals surface area contributed by atoms with Crippen LogP contribution in [0.4, 0.5) is 0 Å². The maximum Gasteiger partial charge on any atom is 0.377 e. The molecule has 0 unspecified atom stereocenters. The van der Waals surface area contributed by atoms with Crippen molar-refractivity contribution in [1.82, 2.24) is 5.16 Å². The smallest absolute Gasteiger partial charge is 0.377 e. The highest BCUT2D eigenvalue weighted by Crippen LogP contribution is 2.08. The summed E-state index contributed by atoms with van der Waals surface area (Å²) < 4.78 is 37.0. The number of hydrogen-bond donors (Lipinski definition) is 0. The zero-order valence-electron chi connectivity index (χ0n) is 12.0. The minimum Gasteiger partial charge on any atom is -0.464 e. The van der Waals surface area contributed by atoms with Gasteiger partial charge in [-0.2, -0.15) is 0 Å². The molecule has 0 bridgehead atoms. The number of sulfone groups is 1. The van der Waals surface area contributed by atoms with Gasteiger partial charge in [0.25, 0.3) is 0 Å². The van der Waals surface area contributed by atoms with Crippen molar-refractivity contribution in [1.29, 1.82) is 0 Å². The highest BCUT2D eigenvalue weighted by molar-refractivity contribution is 7.91. The summed E-state index contributed by atoms with van der Waals surface area (Å²) in [5, 5.41) is 2.88. The molecule has 1 aromatic heterocycles. The first kappa shape index (κ1) is 17.2. The van der Waals surface area contributed by atoms with Crippen LogP contribution in [0, 0.1) is 0 Å². The van der Waals surface area contributed by atoms with E-state index in [4.69, 9.17) is 4.74 Å². The van der Waals surface area contributed by atoms with Gasteiger partial charge in [-0.3, -0.25) is 0 Å². The Morgan fingerprint density at radius 3 is 2.57 bits per heavy atom. The Morgan fingerprint density at radius 2 is 2.00 bits per heavy atom. The first-order valence-electron chi connectivity index (χ1n) is 6.21. The van der Waals surface area contributed by atoms with E-state index in [0.29, 0.717) is 0 Å². The SMILES string of the molecule is COC(=O)c1cc(C(=O)OCCCS(=O)(=O)C(C)C)on1. The number of hydrogen-bond acceptors (Lipinski definition) is 8. The minimum atomic E-state index is -3.16. The van der Waals surface area contributed by atoms with Gasteiger partial charge in [0.1, 0.15) is 0 Å². The Kier molecular flexibility index (Phi) is 5.89. The summed E-state index contributed by atoms with van der Waals surface area (Å²) in [6, 6.07) is 1.10. The van der Waals surface area contributed by atoms with Crippen LogP contribution in [0.1, 0.15) is 41.3 Å². The second-order valence-electron chi connectivity index (χ2n) is 4.47. The van der Waals surface area contributed by atoms with E-state index in [2.05, 4.69) is 14.4 Å². The van der Waals surface area contributed by atoms with E-state index in [1.54, 1.807) is 13.8 Å². The van der Waals surface area contributed by atoms with Crippen molar-refractivity contribution in [2.45, 2.75) is 25.5 Å². The Hall–Kier alpha value is -1.90. The molecule has 118 valence electrons. The lowest BCUT2D eigenvalue weighted by Crippen LogP contribution is -2.19. The zero-order chi connectivity index (χ0) is 16.0. The van der Waals surface area contributed by atoms with Crippen LogP contribution in [0.25, 0.3) is 0 Å². The second-order valence-corrected chi connectivity index (χ2v) is 7.15. The molecule has 0 amide bonds. The summed E-state index contributed by atoms with van der Waals surface area (Å²) in [4.78, 5) is 22.7. The van der Waals surface area contributed by atoms with E-state index in [0.717, 1.165) is 6.07 Å². The van der Waals surface area contributed by atoms with Crippen LogP contribution in [0.5, 0.6) is 0 Å². The zero-order valence-corrected chi connectivity index (χ0v) is 12.8. The molecule has 9 heteroatoms. The Labute approximate surface area is 122 Å². The first-order valence-corrected chi connectivity index (χ1v) is 7.93. The van der Waals surface area contributed by atoms with E-state index >= 15 is 0 Å². The molecule has 0 atom stereocenters. The molecule has 0 aromatic carbocycles. The number of esters is 2. The molecule has 8 nitrogen and oxygen atoms in total. The number of nitrogens with zero attached hydrogens (tertiary/aromatic N) is 1. The largest absolute Gasteiger partial charge is 0.464 e. The summed E-state index contributed by atoms with van der Waals surface area (Å²) >= 11 is 0. The lowest BCUT2D eigenvalue weighted by atomic mass is 10.3. The van der Waals surface area contributed by atoms with E-state index in [1.807, 2.05) is 0 Å². The first-order chi connectivity index (χ1) is 9.77. The third-order valence-electron chi connectivity index (χ3n) is 2.63. The van der Waals surface area contributed by atoms with Gasteiger partial charge < -0.3 is 14.0 Å². The maximum atomic E-state index is 11.6. The van der Waals surface area contributed by atoms with Crippen molar-refractivity contribution >= 4 is 21.8 Å². The lowest BCUT2D eigenvalue weighted by Gasteiger charge is -2.07. The highest BCUT2D eigenvalue weighted by Gasteiger charge is 2.20. The van der Waals surface area contributed by atoms with Gasteiger partial charge in [-0.25, -0.2) is 18.0 Å². The summed E-state index contributed by atoms with van der Waals surface area (Å²) in [5.74, 6) is -1.87.